The minimum absolute atomic E-state index is 0.106. The Labute approximate surface area is 151 Å². The van der Waals surface area contributed by atoms with E-state index in [9.17, 15) is 4.79 Å². The molecule has 2 rings (SSSR count). The van der Waals surface area contributed by atoms with Crippen LogP contribution >= 0.6 is 0 Å². The van der Waals surface area contributed by atoms with E-state index < -0.39 is 0 Å². The van der Waals surface area contributed by atoms with E-state index in [1.54, 1.807) is 13.3 Å². The van der Waals surface area contributed by atoms with Gasteiger partial charge < -0.3 is 14.8 Å². The minimum atomic E-state index is -0.106. The molecule has 0 spiro atoms. The summed E-state index contributed by atoms with van der Waals surface area (Å²) >= 11 is 0. The smallest absolute Gasteiger partial charge is 0.249 e. The molecule has 3 atom stereocenters. The summed E-state index contributed by atoms with van der Waals surface area (Å²) in [5.41, 5.74) is 1.00. The Morgan fingerprint density at radius 3 is 2.64 bits per heavy atom. The van der Waals surface area contributed by atoms with Gasteiger partial charge in [0.2, 0.25) is 5.91 Å². The largest absolute Gasteiger partial charge is 0.497 e. The second-order valence-corrected chi connectivity index (χ2v) is 7.35. The van der Waals surface area contributed by atoms with Crippen LogP contribution in [0.15, 0.2) is 30.5 Å². The molecule has 0 saturated heterocycles. The van der Waals surface area contributed by atoms with Crippen LogP contribution in [0.25, 0.3) is 6.08 Å². The van der Waals surface area contributed by atoms with Gasteiger partial charge in [-0.2, -0.15) is 0 Å². The summed E-state index contributed by atoms with van der Waals surface area (Å²) < 4.78 is 11.1. The molecular weight excluding hydrogens is 314 g/mol. The van der Waals surface area contributed by atoms with Crippen LogP contribution in [0.5, 0.6) is 5.75 Å². The molecule has 0 aliphatic heterocycles. The van der Waals surface area contributed by atoms with Gasteiger partial charge in [0.15, 0.2) is 0 Å². The number of amides is 1. The fourth-order valence-electron chi connectivity index (χ4n) is 3.48. The third-order valence-corrected chi connectivity index (χ3v) is 5.03. The number of methoxy groups -OCH3 is 1. The average Bonchev–Trinajstić information content (AvgIpc) is 2.60. The van der Waals surface area contributed by atoms with Crippen molar-refractivity contribution in [1.82, 2.24) is 5.32 Å². The van der Waals surface area contributed by atoms with E-state index in [0.717, 1.165) is 17.7 Å². The van der Waals surface area contributed by atoms with Crippen LogP contribution in [0.2, 0.25) is 0 Å². The normalized spacial score (nSPS) is 23.8. The molecule has 1 aliphatic carbocycles. The molecule has 0 heterocycles. The van der Waals surface area contributed by atoms with Gasteiger partial charge in [0.05, 0.1) is 13.2 Å². The topological polar surface area (TPSA) is 47.6 Å². The molecule has 1 aromatic carbocycles. The van der Waals surface area contributed by atoms with Crippen molar-refractivity contribution in [3.8, 4) is 5.75 Å². The number of ether oxygens (including phenoxy) is 2. The second kappa shape index (κ2) is 9.62. The lowest BCUT2D eigenvalue weighted by Gasteiger charge is -2.37. The molecule has 25 heavy (non-hydrogen) atoms. The zero-order valence-corrected chi connectivity index (χ0v) is 15.8. The highest BCUT2D eigenvalue weighted by molar-refractivity contribution is 5.79. The SMILES string of the molecule is COc1ccc(C=CNC(=O)COC2CC(C)CCC2C(C)C)cc1. The fourth-order valence-corrected chi connectivity index (χ4v) is 3.48. The Morgan fingerprint density at radius 1 is 1.28 bits per heavy atom. The molecule has 1 fully saturated rings. The van der Waals surface area contributed by atoms with Crippen molar-refractivity contribution in [3.05, 3.63) is 36.0 Å². The summed E-state index contributed by atoms with van der Waals surface area (Å²) in [5.74, 6) is 2.54. The van der Waals surface area contributed by atoms with Crippen molar-refractivity contribution in [2.75, 3.05) is 13.7 Å². The van der Waals surface area contributed by atoms with Gasteiger partial charge in [-0.3, -0.25) is 4.79 Å². The number of hydrogen-bond acceptors (Lipinski definition) is 3. The number of rotatable bonds is 7. The number of benzene rings is 1. The van der Waals surface area contributed by atoms with Crippen molar-refractivity contribution < 1.29 is 14.3 Å². The van der Waals surface area contributed by atoms with Gasteiger partial charge in [-0.1, -0.05) is 39.3 Å². The van der Waals surface area contributed by atoms with Crippen molar-refractivity contribution in [2.45, 2.75) is 46.1 Å². The monoisotopic (exact) mass is 345 g/mol. The lowest BCUT2D eigenvalue weighted by molar-refractivity contribution is -0.130. The van der Waals surface area contributed by atoms with Crippen LogP contribution in [0.3, 0.4) is 0 Å². The quantitative estimate of drug-likeness (QED) is 0.803. The van der Waals surface area contributed by atoms with Gasteiger partial charge in [-0.05, 0) is 54.4 Å². The zero-order chi connectivity index (χ0) is 18.2. The van der Waals surface area contributed by atoms with Crippen molar-refractivity contribution in [3.63, 3.8) is 0 Å². The first-order valence-electron chi connectivity index (χ1n) is 9.21. The number of carbonyl (C=O) groups excluding carboxylic acids is 1. The van der Waals surface area contributed by atoms with E-state index in [0.29, 0.717) is 17.8 Å². The molecule has 0 radical (unpaired) electrons. The van der Waals surface area contributed by atoms with Gasteiger partial charge in [0.1, 0.15) is 12.4 Å². The van der Waals surface area contributed by atoms with Crippen LogP contribution in [0, 0.1) is 17.8 Å². The highest BCUT2D eigenvalue weighted by atomic mass is 16.5. The van der Waals surface area contributed by atoms with Crippen LogP contribution in [-0.2, 0) is 9.53 Å². The number of hydrogen-bond donors (Lipinski definition) is 1. The van der Waals surface area contributed by atoms with Crippen LogP contribution in [0.1, 0.15) is 45.6 Å². The van der Waals surface area contributed by atoms with E-state index in [1.807, 2.05) is 30.3 Å². The van der Waals surface area contributed by atoms with E-state index >= 15 is 0 Å². The van der Waals surface area contributed by atoms with Crippen LogP contribution in [-0.4, -0.2) is 25.7 Å². The summed E-state index contributed by atoms with van der Waals surface area (Å²) in [6.07, 6.45) is 7.23. The Morgan fingerprint density at radius 2 is 2.00 bits per heavy atom. The highest BCUT2D eigenvalue weighted by Crippen LogP contribution is 2.35. The van der Waals surface area contributed by atoms with E-state index in [4.69, 9.17) is 9.47 Å². The Kier molecular flexibility index (Phi) is 7.51. The lowest BCUT2D eigenvalue weighted by Crippen LogP contribution is -2.36. The lowest BCUT2D eigenvalue weighted by atomic mass is 9.75. The van der Waals surface area contributed by atoms with Gasteiger partial charge in [0.25, 0.3) is 0 Å². The van der Waals surface area contributed by atoms with E-state index in [2.05, 4.69) is 26.1 Å². The summed E-state index contributed by atoms with van der Waals surface area (Å²) in [6.45, 7) is 6.88. The standard InChI is InChI=1S/C21H31NO3/c1-15(2)19-10-5-16(3)13-20(19)25-14-21(23)22-12-11-17-6-8-18(24-4)9-7-17/h6-9,11-12,15-16,19-20H,5,10,13-14H2,1-4H3,(H,22,23). The predicted octanol–water partition coefficient (Wildman–Crippen LogP) is 4.26. The molecule has 0 aromatic heterocycles. The number of carbonyl (C=O) groups is 1. The first-order valence-corrected chi connectivity index (χ1v) is 9.21. The Hall–Kier alpha value is -1.81. The highest BCUT2D eigenvalue weighted by Gasteiger charge is 2.31. The minimum Gasteiger partial charge on any atom is -0.497 e. The van der Waals surface area contributed by atoms with E-state index in [1.165, 1.54) is 12.8 Å². The summed E-state index contributed by atoms with van der Waals surface area (Å²) in [7, 11) is 1.64. The Balaban J connectivity index is 1.78. The first-order chi connectivity index (χ1) is 12.0. The second-order valence-electron chi connectivity index (χ2n) is 7.35. The molecule has 1 aromatic rings. The maximum absolute atomic E-state index is 12.0. The zero-order valence-electron chi connectivity index (χ0n) is 15.8. The van der Waals surface area contributed by atoms with Crippen molar-refractivity contribution >= 4 is 12.0 Å². The maximum Gasteiger partial charge on any atom is 0.249 e. The summed E-state index contributed by atoms with van der Waals surface area (Å²) in [5, 5.41) is 2.78. The van der Waals surface area contributed by atoms with Crippen molar-refractivity contribution in [2.24, 2.45) is 17.8 Å². The molecule has 0 bridgehead atoms. The molecule has 1 amide bonds. The molecule has 1 aliphatic rings. The Bertz CT molecular complexity index is 565. The van der Waals surface area contributed by atoms with Gasteiger partial charge in [0, 0.05) is 6.20 Å². The average molecular weight is 345 g/mol. The summed E-state index contributed by atoms with van der Waals surface area (Å²) in [4.78, 5) is 12.0. The molecule has 1 saturated carbocycles. The first kappa shape index (κ1) is 19.5. The summed E-state index contributed by atoms with van der Waals surface area (Å²) in [6, 6.07) is 7.66. The molecule has 4 nitrogen and oxygen atoms in total. The van der Waals surface area contributed by atoms with Gasteiger partial charge in [-0.25, -0.2) is 0 Å². The van der Waals surface area contributed by atoms with Crippen LogP contribution in [0.4, 0.5) is 0 Å². The molecule has 138 valence electrons. The van der Waals surface area contributed by atoms with E-state index in [-0.39, 0.29) is 18.6 Å². The third kappa shape index (κ3) is 6.20. The fraction of sp³-hybridized carbons (Fsp3) is 0.571. The third-order valence-electron chi connectivity index (χ3n) is 5.03. The van der Waals surface area contributed by atoms with Gasteiger partial charge in [-0.15, -0.1) is 0 Å². The van der Waals surface area contributed by atoms with Gasteiger partial charge >= 0.3 is 0 Å². The predicted molar refractivity (Wildman–Crippen MR) is 101 cm³/mol. The van der Waals surface area contributed by atoms with Crippen molar-refractivity contribution in [1.29, 1.82) is 0 Å². The molecule has 1 N–H and O–H groups in total. The molecular formula is C21H31NO3. The maximum atomic E-state index is 12.0. The number of nitrogens with one attached hydrogen (secondary N) is 1. The molecule has 3 unspecified atom stereocenters. The molecule has 4 heteroatoms. The van der Waals surface area contributed by atoms with Crippen LogP contribution < -0.4 is 10.1 Å².